The molecular weight excluding hydrogens is 352 g/mol. The molecule has 1 aliphatic heterocycles. The van der Waals surface area contributed by atoms with Crippen molar-refractivity contribution < 1.29 is 47.6 Å². The Morgan fingerprint density at radius 3 is 1.88 bits per heavy atom. The molecule has 0 radical (unpaired) electrons. The Balaban J connectivity index is 3.33. The molecule has 0 saturated carbocycles. The highest BCUT2D eigenvalue weighted by molar-refractivity contribution is 5.77. The van der Waals surface area contributed by atoms with E-state index in [2.05, 4.69) is 10.7 Å². The fourth-order valence-corrected chi connectivity index (χ4v) is 2.34. The second-order valence-corrected chi connectivity index (χ2v) is 5.19. The van der Waals surface area contributed by atoms with E-state index < -0.39 is 54.6 Å². The summed E-state index contributed by atoms with van der Waals surface area (Å²) in [6.45, 7) is 3.04. The molecular formula is C16H20O10. The summed E-state index contributed by atoms with van der Waals surface area (Å²) in [6.07, 6.45) is -1.88. The van der Waals surface area contributed by atoms with Crippen molar-refractivity contribution in [1.82, 2.24) is 0 Å². The van der Waals surface area contributed by atoms with Crippen molar-refractivity contribution in [2.45, 2.75) is 51.5 Å². The van der Waals surface area contributed by atoms with E-state index in [0.29, 0.717) is 0 Å². The second kappa shape index (κ2) is 9.74. The van der Waals surface area contributed by atoms with Gasteiger partial charge in [0.1, 0.15) is 6.61 Å². The van der Waals surface area contributed by atoms with E-state index in [0.717, 1.165) is 27.9 Å². The van der Waals surface area contributed by atoms with Gasteiger partial charge in [-0.2, -0.15) is 0 Å². The van der Waals surface area contributed by atoms with Crippen LogP contribution in [0.3, 0.4) is 0 Å². The number of esters is 4. The molecule has 26 heavy (non-hydrogen) atoms. The first-order chi connectivity index (χ1) is 12.2. The van der Waals surface area contributed by atoms with Crippen LogP contribution in [0.1, 0.15) is 20.8 Å². The fourth-order valence-electron chi connectivity index (χ4n) is 2.34. The molecule has 1 heterocycles. The van der Waals surface area contributed by atoms with E-state index in [1.165, 1.54) is 0 Å². The van der Waals surface area contributed by atoms with Gasteiger partial charge in [-0.25, -0.2) is 4.79 Å². The lowest BCUT2D eigenvalue weighted by molar-refractivity contribution is -0.299. The molecule has 1 saturated heterocycles. The predicted molar refractivity (Wildman–Crippen MR) is 82.1 cm³/mol. The molecule has 0 unspecified atom stereocenters. The fraction of sp³-hybridized carbons (Fsp3) is 0.625. The maximum absolute atomic E-state index is 12.1. The molecule has 0 bridgehead atoms. The van der Waals surface area contributed by atoms with Crippen LogP contribution in [0.15, 0.2) is 0 Å². The summed E-state index contributed by atoms with van der Waals surface area (Å²) in [5.41, 5.74) is 0. The third kappa shape index (κ3) is 5.72. The lowest BCUT2D eigenvalue weighted by Gasteiger charge is -2.42. The number of terminal acetylenes is 1. The minimum absolute atomic E-state index is 0.249. The Morgan fingerprint density at radius 2 is 1.42 bits per heavy atom. The third-order valence-corrected chi connectivity index (χ3v) is 3.17. The lowest BCUT2D eigenvalue weighted by atomic mass is 9.97. The summed E-state index contributed by atoms with van der Waals surface area (Å²) in [4.78, 5) is 46.5. The van der Waals surface area contributed by atoms with Crippen LogP contribution in [0.25, 0.3) is 0 Å². The van der Waals surface area contributed by atoms with Crippen molar-refractivity contribution in [2.75, 3.05) is 13.7 Å². The Kier molecular flexibility index (Phi) is 8.02. The van der Waals surface area contributed by atoms with Crippen molar-refractivity contribution in [3.05, 3.63) is 0 Å². The normalized spacial score (nSPS) is 27.6. The average molecular weight is 372 g/mol. The third-order valence-electron chi connectivity index (χ3n) is 3.17. The monoisotopic (exact) mass is 372 g/mol. The lowest BCUT2D eigenvalue weighted by Crippen LogP contribution is -2.63. The molecule has 5 atom stereocenters. The van der Waals surface area contributed by atoms with Gasteiger partial charge >= 0.3 is 23.9 Å². The smallest absolute Gasteiger partial charge is 0.339 e. The summed E-state index contributed by atoms with van der Waals surface area (Å²) in [7, 11) is 1.09. The number of ether oxygens (including phenoxy) is 6. The van der Waals surface area contributed by atoms with Crippen LogP contribution >= 0.6 is 0 Å². The first-order valence-corrected chi connectivity index (χ1v) is 7.51. The molecule has 0 aromatic carbocycles. The van der Waals surface area contributed by atoms with E-state index in [1.54, 1.807) is 0 Å². The molecule has 0 aliphatic carbocycles. The van der Waals surface area contributed by atoms with E-state index in [1.807, 2.05) is 0 Å². The van der Waals surface area contributed by atoms with E-state index in [4.69, 9.17) is 30.1 Å². The van der Waals surface area contributed by atoms with Crippen molar-refractivity contribution in [3.8, 4) is 12.3 Å². The number of hydrogen-bond acceptors (Lipinski definition) is 10. The zero-order valence-electron chi connectivity index (χ0n) is 14.8. The SMILES string of the molecule is C#CCO[C@@H]1O[C@H](C(=O)OC)[C@@H](OC(C)=O)[C@H](OC(C)=O)[C@H]1OC(C)=O. The van der Waals surface area contributed by atoms with Gasteiger partial charge in [-0.15, -0.1) is 6.42 Å². The molecule has 1 aliphatic rings. The Hall–Kier alpha value is -2.64. The number of hydrogen-bond donors (Lipinski definition) is 0. The first kappa shape index (κ1) is 21.4. The van der Waals surface area contributed by atoms with Gasteiger partial charge in [-0.3, -0.25) is 14.4 Å². The molecule has 0 aromatic heterocycles. The number of rotatable bonds is 6. The molecule has 0 aromatic rings. The van der Waals surface area contributed by atoms with Gasteiger partial charge in [-0.05, 0) is 0 Å². The van der Waals surface area contributed by atoms with Crippen molar-refractivity contribution in [2.24, 2.45) is 0 Å². The maximum Gasteiger partial charge on any atom is 0.339 e. The van der Waals surface area contributed by atoms with Crippen molar-refractivity contribution >= 4 is 23.9 Å². The van der Waals surface area contributed by atoms with Crippen molar-refractivity contribution in [1.29, 1.82) is 0 Å². The summed E-state index contributed by atoms with van der Waals surface area (Å²) >= 11 is 0. The highest BCUT2D eigenvalue weighted by Gasteiger charge is 2.55. The quantitative estimate of drug-likeness (QED) is 0.337. The highest BCUT2D eigenvalue weighted by Crippen LogP contribution is 2.30. The minimum Gasteiger partial charge on any atom is -0.467 e. The van der Waals surface area contributed by atoms with Gasteiger partial charge in [-0.1, -0.05) is 5.92 Å². The molecule has 10 nitrogen and oxygen atoms in total. The van der Waals surface area contributed by atoms with Crippen LogP contribution < -0.4 is 0 Å². The van der Waals surface area contributed by atoms with Gasteiger partial charge in [0, 0.05) is 20.8 Å². The van der Waals surface area contributed by atoms with Crippen LogP contribution in [0, 0.1) is 12.3 Å². The Bertz CT molecular complexity index is 592. The average Bonchev–Trinajstić information content (AvgIpc) is 2.55. The van der Waals surface area contributed by atoms with E-state index in [-0.39, 0.29) is 6.61 Å². The van der Waals surface area contributed by atoms with Gasteiger partial charge in [0.2, 0.25) is 6.29 Å². The first-order valence-electron chi connectivity index (χ1n) is 7.51. The van der Waals surface area contributed by atoms with Crippen molar-refractivity contribution in [3.63, 3.8) is 0 Å². The molecule has 0 N–H and O–H groups in total. The molecule has 0 amide bonds. The predicted octanol–water partition coefficient (Wildman–Crippen LogP) is -0.671. The standard InChI is InChI=1S/C16H20O10/c1-6-7-22-16-14(25-10(4)19)12(24-9(3)18)11(23-8(2)17)13(26-16)15(20)21-5/h1,11-14,16H,7H2,2-5H3/t11-,12-,13-,14+,16+/m0/s1. The van der Waals surface area contributed by atoms with E-state index in [9.17, 15) is 19.2 Å². The van der Waals surface area contributed by atoms with Crippen LogP contribution in [0.4, 0.5) is 0 Å². The second-order valence-electron chi connectivity index (χ2n) is 5.19. The minimum atomic E-state index is -1.50. The topological polar surface area (TPSA) is 124 Å². The van der Waals surface area contributed by atoms with Crippen LogP contribution in [0.5, 0.6) is 0 Å². The van der Waals surface area contributed by atoms with Gasteiger partial charge < -0.3 is 28.4 Å². The van der Waals surface area contributed by atoms with Gasteiger partial charge in [0.15, 0.2) is 24.4 Å². The molecule has 144 valence electrons. The zero-order chi connectivity index (χ0) is 19.9. The number of carbonyl (C=O) groups excluding carboxylic acids is 4. The summed E-state index contributed by atoms with van der Waals surface area (Å²) in [5, 5.41) is 0. The molecule has 1 fully saturated rings. The van der Waals surface area contributed by atoms with E-state index >= 15 is 0 Å². The highest BCUT2D eigenvalue weighted by atomic mass is 16.7. The summed E-state index contributed by atoms with van der Waals surface area (Å²) in [5.74, 6) is -1.02. The van der Waals surface area contributed by atoms with Crippen LogP contribution in [-0.2, 0) is 47.6 Å². The zero-order valence-corrected chi connectivity index (χ0v) is 14.8. The Labute approximate surface area is 150 Å². The molecule has 0 spiro atoms. The van der Waals surface area contributed by atoms with Gasteiger partial charge in [0.05, 0.1) is 7.11 Å². The maximum atomic E-state index is 12.1. The number of methoxy groups -OCH3 is 1. The molecule has 10 heteroatoms. The summed E-state index contributed by atoms with van der Waals surface area (Å²) < 4.78 is 30.7. The molecule has 1 rings (SSSR count). The Morgan fingerprint density at radius 1 is 0.923 bits per heavy atom. The van der Waals surface area contributed by atoms with Gasteiger partial charge in [0.25, 0.3) is 0 Å². The number of carbonyl (C=O) groups is 4. The largest absolute Gasteiger partial charge is 0.467 e. The van der Waals surface area contributed by atoms with Crippen LogP contribution in [0.2, 0.25) is 0 Å². The summed E-state index contributed by atoms with van der Waals surface area (Å²) in [6, 6.07) is 0. The van der Waals surface area contributed by atoms with Crippen LogP contribution in [-0.4, -0.2) is 68.3 Å².